The van der Waals surface area contributed by atoms with Gasteiger partial charge < -0.3 is 0 Å². The molecule has 0 saturated heterocycles. The highest BCUT2D eigenvalue weighted by atomic mass is 79.9. The second kappa shape index (κ2) is 4.18. The van der Waals surface area contributed by atoms with Crippen molar-refractivity contribution in [1.29, 1.82) is 0 Å². The summed E-state index contributed by atoms with van der Waals surface area (Å²) in [7, 11) is 0. The number of fused-ring (bicyclic) bond motifs is 2. The predicted octanol–water partition coefficient (Wildman–Crippen LogP) is 5.47. The minimum absolute atomic E-state index is 0.00167. The van der Waals surface area contributed by atoms with Gasteiger partial charge in [0.25, 0.3) is 0 Å². The van der Waals surface area contributed by atoms with Crippen molar-refractivity contribution in [2.75, 3.05) is 0 Å². The van der Waals surface area contributed by atoms with Crippen LogP contribution < -0.4 is 0 Å². The highest BCUT2D eigenvalue weighted by Gasteiger charge is 2.28. The SMILES string of the molecule is O=C1c2ccccc2-c2c(Br)ccc3ccc(Cl)c1c23. The number of rotatable bonds is 0. The lowest BCUT2D eigenvalue weighted by atomic mass is 9.83. The van der Waals surface area contributed by atoms with Crippen molar-refractivity contribution in [2.45, 2.75) is 0 Å². The van der Waals surface area contributed by atoms with E-state index in [1.807, 2.05) is 42.5 Å². The van der Waals surface area contributed by atoms with Crippen molar-refractivity contribution in [3.8, 4) is 11.1 Å². The van der Waals surface area contributed by atoms with Crippen LogP contribution in [0.15, 0.2) is 53.0 Å². The van der Waals surface area contributed by atoms with Crippen LogP contribution in [0.25, 0.3) is 21.9 Å². The summed E-state index contributed by atoms with van der Waals surface area (Å²) >= 11 is 9.89. The Morgan fingerprint density at radius 2 is 1.55 bits per heavy atom. The molecule has 0 saturated carbocycles. The van der Waals surface area contributed by atoms with Gasteiger partial charge in [0.15, 0.2) is 5.78 Å². The molecule has 1 nitrogen and oxygen atoms in total. The number of ketones is 1. The number of hydrogen-bond donors (Lipinski definition) is 0. The Morgan fingerprint density at radius 3 is 2.35 bits per heavy atom. The van der Waals surface area contributed by atoms with Crippen molar-refractivity contribution in [1.82, 2.24) is 0 Å². The molecule has 1 aliphatic carbocycles. The van der Waals surface area contributed by atoms with Crippen molar-refractivity contribution in [3.05, 3.63) is 69.2 Å². The molecule has 0 radical (unpaired) electrons. The quantitative estimate of drug-likeness (QED) is 0.414. The van der Waals surface area contributed by atoms with Crippen LogP contribution in [0.5, 0.6) is 0 Å². The van der Waals surface area contributed by atoms with Gasteiger partial charge in [-0.2, -0.15) is 0 Å². The molecule has 3 aromatic carbocycles. The lowest BCUT2D eigenvalue weighted by molar-refractivity contribution is 0.104. The topological polar surface area (TPSA) is 17.1 Å². The van der Waals surface area contributed by atoms with Crippen molar-refractivity contribution >= 4 is 44.1 Å². The summed E-state index contributed by atoms with van der Waals surface area (Å²) in [5, 5.41) is 2.48. The first kappa shape index (κ1) is 12.1. The Bertz CT molecular complexity index is 894. The molecule has 4 rings (SSSR count). The lowest BCUT2D eigenvalue weighted by Crippen LogP contribution is -2.10. The van der Waals surface area contributed by atoms with E-state index in [9.17, 15) is 4.79 Å². The van der Waals surface area contributed by atoms with Gasteiger partial charge in [0.05, 0.1) is 5.02 Å². The first-order valence-corrected chi connectivity index (χ1v) is 7.40. The fourth-order valence-corrected chi connectivity index (χ4v) is 3.67. The molecule has 3 aromatic rings. The van der Waals surface area contributed by atoms with Crippen LogP contribution in [-0.2, 0) is 0 Å². The highest BCUT2D eigenvalue weighted by molar-refractivity contribution is 9.10. The fraction of sp³-hybridized carbons (Fsp3) is 0. The van der Waals surface area contributed by atoms with Crippen molar-refractivity contribution < 1.29 is 4.79 Å². The Kier molecular flexibility index (Phi) is 2.53. The summed E-state index contributed by atoms with van der Waals surface area (Å²) < 4.78 is 0.980. The van der Waals surface area contributed by atoms with Gasteiger partial charge in [0, 0.05) is 26.5 Å². The molecular formula is C17H8BrClO. The van der Waals surface area contributed by atoms with E-state index in [1.165, 1.54) is 0 Å². The van der Waals surface area contributed by atoms with Crippen LogP contribution in [0.1, 0.15) is 15.9 Å². The summed E-state index contributed by atoms with van der Waals surface area (Å²) in [5.41, 5.74) is 3.33. The van der Waals surface area contributed by atoms with Gasteiger partial charge in [0.2, 0.25) is 0 Å². The van der Waals surface area contributed by atoms with Gasteiger partial charge in [-0.05, 0) is 23.1 Å². The van der Waals surface area contributed by atoms with E-state index in [4.69, 9.17) is 11.6 Å². The number of carbonyl (C=O) groups excluding carboxylic acids is 1. The number of hydrogen-bond acceptors (Lipinski definition) is 1. The average molecular weight is 344 g/mol. The van der Waals surface area contributed by atoms with Crippen LogP contribution in [0.2, 0.25) is 5.02 Å². The summed E-state index contributed by atoms with van der Waals surface area (Å²) in [5.74, 6) is 0.00167. The Labute approximate surface area is 129 Å². The van der Waals surface area contributed by atoms with E-state index in [-0.39, 0.29) is 5.78 Å². The summed E-state index contributed by atoms with van der Waals surface area (Å²) in [4.78, 5) is 12.7. The normalized spacial score (nSPS) is 12.6. The molecule has 3 heteroatoms. The van der Waals surface area contributed by atoms with Crippen LogP contribution in [0.4, 0.5) is 0 Å². The second-order valence-electron chi connectivity index (χ2n) is 4.82. The Hall–Kier alpha value is -1.64. The van der Waals surface area contributed by atoms with Crippen LogP contribution in [0.3, 0.4) is 0 Å². The molecule has 0 atom stereocenters. The number of carbonyl (C=O) groups is 1. The molecule has 20 heavy (non-hydrogen) atoms. The lowest BCUT2D eigenvalue weighted by Gasteiger charge is -2.21. The maximum atomic E-state index is 12.7. The van der Waals surface area contributed by atoms with E-state index in [2.05, 4.69) is 15.9 Å². The molecule has 0 fully saturated rings. The zero-order valence-corrected chi connectivity index (χ0v) is 12.6. The zero-order valence-electron chi connectivity index (χ0n) is 10.3. The molecule has 0 heterocycles. The molecule has 0 N–H and O–H groups in total. The smallest absolute Gasteiger partial charge is 0.195 e. The van der Waals surface area contributed by atoms with E-state index in [1.54, 1.807) is 6.07 Å². The van der Waals surface area contributed by atoms with Gasteiger partial charge in [-0.1, -0.05) is 63.9 Å². The van der Waals surface area contributed by atoms with E-state index in [0.29, 0.717) is 16.1 Å². The molecule has 96 valence electrons. The fourth-order valence-electron chi connectivity index (χ4n) is 2.89. The third kappa shape index (κ3) is 1.46. The summed E-state index contributed by atoms with van der Waals surface area (Å²) in [6.45, 7) is 0. The van der Waals surface area contributed by atoms with Gasteiger partial charge in [0.1, 0.15) is 0 Å². The maximum absolute atomic E-state index is 12.7. The zero-order chi connectivity index (χ0) is 13.9. The first-order valence-electron chi connectivity index (χ1n) is 6.23. The Balaban J connectivity index is 2.33. The van der Waals surface area contributed by atoms with Crippen LogP contribution in [-0.4, -0.2) is 5.78 Å². The monoisotopic (exact) mass is 342 g/mol. The minimum atomic E-state index is 0.00167. The molecule has 1 aliphatic rings. The van der Waals surface area contributed by atoms with E-state index < -0.39 is 0 Å². The van der Waals surface area contributed by atoms with E-state index >= 15 is 0 Å². The molecule has 0 unspecified atom stereocenters. The molecular weight excluding hydrogens is 336 g/mol. The molecule has 0 bridgehead atoms. The average Bonchev–Trinajstić information content (AvgIpc) is 2.46. The maximum Gasteiger partial charge on any atom is 0.195 e. The van der Waals surface area contributed by atoms with E-state index in [0.717, 1.165) is 26.4 Å². The second-order valence-corrected chi connectivity index (χ2v) is 6.08. The Morgan fingerprint density at radius 1 is 0.850 bits per heavy atom. The van der Waals surface area contributed by atoms with Crippen LogP contribution >= 0.6 is 27.5 Å². The molecule has 0 spiro atoms. The largest absolute Gasteiger partial charge is 0.289 e. The molecule has 0 aromatic heterocycles. The van der Waals surface area contributed by atoms with Crippen molar-refractivity contribution in [2.24, 2.45) is 0 Å². The third-order valence-corrected chi connectivity index (χ3v) is 4.73. The molecule has 0 aliphatic heterocycles. The number of halogens is 2. The summed E-state index contributed by atoms with van der Waals surface area (Å²) in [6.07, 6.45) is 0. The number of benzene rings is 3. The van der Waals surface area contributed by atoms with Gasteiger partial charge in [-0.25, -0.2) is 0 Å². The third-order valence-electron chi connectivity index (χ3n) is 3.75. The minimum Gasteiger partial charge on any atom is -0.289 e. The first-order chi connectivity index (χ1) is 9.68. The van der Waals surface area contributed by atoms with Gasteiger partial charge in [-0.15, -0.1) is 0 Å². The molecule has 0 amide bonds. The van der Waals surface area contributed by atoms with Crippen molar-refractivity contribution in [3.63, 3.8) is 0 Å². The van der Waals surface area contributed by atoms with Crippen LogP contribution in [0, 0.1) is 0 Å². The standard InChI is InChI=1S/C17H8BrClO/c18-12-7-5-9-6-8-13(19)16-14(9)15(12)10-3-1-2-4-11(10)17(16)20/h1-8H. The van der Waals surface area contributed by atoms with Gasteiger partial charge >= 0.3 is 0 Å². The summed E-state index contributed by atoms with van der Waals surface area (Å²) in [6, 6.07) is 15.4. The van der Waals surface area contributed by atoms with Gasteiger partial charge in [-0.3, -0.25) is 4.79 Å². The highest BCUT2D eigenvalue weighted by Crippen LogP contribution is 2.45. The predicted molar refractivity (Wildman–Crippen MR) is 85.5 cm³/mol.